The van der Waals surface area contributed by atoms with Crippen molar-refractivity contribution in [2.24, 2.45) is 5.73 Å². The average Bonchev–Trinajstić information content (AvgIpc) is 2.87. The number of hydrogen-bond donors (Lipinski definition) is 1. The van der Waals surface area contributed by atoms with Crippen molar-refractivity contribution in [3.05, 3.63) is 29.3 Å². The van der Waals surface area contributed by atoms with Gasteiger partial charge in [0.05, 0.1) is 0 Å². The average molecular weight is 263 g/mol. The number of ether oxygens (including phenoxy) is 1. The van der Waals surface area contributed by atoms with E-state index < -0.39 is 0 Å². The van der Waals surface area contributed by atoms with Gasteiger partial charge in [0.2, 0.25) is 0 Å². The summed E-state index contributed by atoms with van der Waals surface area (Å²) < 4.78 is 5.43. The van der Waals surface area contributed by atoms with Crippen LogP contribution in [-0.4, -0.2) is 23.3 Å². The van der Waals surface area contributed by atoms with Gasteiger partial charge in [0.1, 0.15) is 22.4 Å². The van der Waals surface area contributed by atoms with Crippen LogP contribution in [0.4, 0.5) is 0 Å². The summed E-state index contributed by atoms with van der Waals surface area (Å²) in [6, 6.07) is 7.86. The van der Waals surface area contributed by atoms with E-state index in [9.17, 15) is 0 Å². The van der Waals surface area contributed by atoms with Gasteiger partial charge in [-0.1, -0.05) is 25.2 Å². The van der Waals surface area contributed by atoms with Crippen molar-refractivity contribution in [3.63, 3.8) is 0 Å². The van der Waals surface area contributed by atoms with Crippen LogP contribution in [-0.2, 0) is 0 Å². The van der Waals surface area contributed by atoms with E-state index in [1.54, 1.807) is 11.3 Å². The summed E-state index contributed by atoms with van der Waals surface area (Å²) in [7, 11) is 0. The minimum Gasteiger partial charge on any atom is -0.492 e. The first kappa shape index (κ1) is 13.0. The Kier molecular flexibility index (Phi) is 4.28. The van der Waals surface area contributed by atoms with Gasteiger partial charge in [-0.15, -0.1) is 10.2 Å². The first-order valence-corrected chi connectivity index (χ1v) is 6.79. The van der Waals surface area contributed by atoms with Crippen LogP contribution in [0, 0.1) is 0 Å². The van der Waals surface area contributed by atoms with E-state index in [4.69, 9.17) is 10.5 Å². The van der Waals surface area contributed by atoms with Crippen LogP contribution in [0.25, 0.3) is 10.6 Å². The third-order valence-electron chi connectivity index (χ3n) is 2.42. The SMILES string of the molecule is CC(C)c1nnc(-c2ccc(OCCN)cc2)s1. The Morgan fingerprint density at radius 3 is 2.50 bits per heavy atom. The molecule has 1 aromatic carbocycles. The van der Waals surface area contributed by atoms with E-state index in [0.717, 1.165) is 21.3 Å². The highest BCUT2D eigenvalue weighted by Crippen LogP contribution is 2.28. The standard InChI is InChI=1S/C13H17N3OS/c1-9(2)12-15-16-13(18-12)10-3-5-11(6-4-10)17-8-7-14/h3-6,9H,7-8,14H2,1-2H3. The maximum Gasteiger partial charge on any atom is 0.147 e. The van der Waals surface area contributed by atoms with E-state index >= 15 is 0 Å². The smallest absolute Gasteiger partial charge is 0.147 e. The van der Waals surface area contributed by atoms with Gasteiger partial charge in [-0.3, -0.25) is 0 Å². The zero-order valence-electron chi connectivity index (χ0n) is 10.6. The van der Waals surface area contributed by atoms with Crippen LogP contribution in [0.1, 0.15) is 24.8 Å². The van der Waals surface area contributed by atoms with Crippen LogP contribution in [0.3, 0.4) is 0 Å². The molecule has 1 heterocycles. The van der Waals surface area contributed by atoms with Crippen molar-refractivity contribution in [2.45, 2.75) is 19.8 Å². The van der Waals surface area contributed by atoms with E-state index in [0.29, 0.717) is 19.1 Å². The summed E-state index contributed by atoms with van der Waals surface area (Å²) in [4.78, 5) is 0. The fourth-order valence-electron chi connectivity index (χ4n) is 1.46. The van der Waals surface area contributed by atoms with Crippen LogP contribution in [0.2, 0.25) is 0 Å². The summed E-state index contributed by atoms with van der Waals surface area (Å²) in [5.41, 5.74) is 6.46. The van der Waals surface area contributed by atoms with Gasteiger partial charge in [0, 0.05) is 18.0 Å². The molecule has 1 aromatic heterocycles. The molecule has 0 amide bonds. The maximum atomic E-state index is 5.43. The van der Waals surface area contributed by atoms with Gasteiger partial charge < -0.3 is 10.5 Å². The highest BCUT2D eigenvalue weighted by Gasteiger charge is 2.09. The number of rotatable bonds is 5. The molecule has 2 N–H and O–H groups in total. The molecular weight excluding hydrogens is 246 g/mol. The van der Waals surface area contributed by atoms with Gasteiger partial charge in [-0.25, -0.2) is 0 Å². The van der Waals surface area contributed by atoms with Crippen LogP contribution >= 0.6 is 11.3 Å². The number of aromatic nitrogens is 2. The molecule has 0 aliphatic rings. The quantitative estimate of drug-likeness (QED) is 0.901. The highest BCUT2D eigenvalue weighted by molar-refractivity contribution is 7.14. The lowest BCUT2D eigenvalue weighted by molar-refractivity contribution is 0.328. The maximum absolute atomic E-state index is 5.43. The molecule has 2 aromatic rings. The molecule has 0 fully saturated rings. The molecule has 0 spiro atoms. The largest absolute Gasteiger partial charge is 0.492 e. The Hall–Kier alpha value is -1.46. The molecule has 0 unspecified atom stereocenters. The van der Waals surface area contributed by atoms with Crippen molar-refractivity contribution >= 4 is 11.3 Å². The molecular formula is C13H17N3OS. The molecule has 0 aliphatic carbocycles. The summed E-state index contributed by atoms with van der Waals surface area (Å²) in [5, 5.41) is 10.4. The molecule has 0 atom stereocenters. The summed E-state index contributed by atoms with van der Waals surface area (Å²) in [6.07, 6.45) is 0. The van der Waals surface area contributed by atoms with E-state index in [1.165, 1.54) is 0 Å². The number of nitrogens with zero attached hydrogens (tertiary/aromatic N) is 2. The molecule has 0 saturated carbocycles. The second-order valence-corrected chi connectivity index (χ2v) is 5.27. The molecule has 96 valence electrons. The van der Waals surface area contributed by atoms with Gasteiger partial charge in [0.25, 0.3) is 0 Å². The summed E-state index contributed by atoms with van der Waals surface area (Å²) >= 11 is 1.63. The van der Waals surface area contributed by atoms with Crippen molar-refractivity contribution in [2.75, 3.05) is 13.2 Å². The van der Waals surface area contributed by atoms with E-state index in [-0.39, 0.29) is 0 Å². The Morgan fingerprint density at radius 2 is 1.94 bits per heavy atom. The van der Waals surface area contributed by atoms with Crippen molar-refractivity contribution in [3.8, 4) is 16.3 Å². The normalized spacial score (nSPS) is 10.9. The molecule has 0 saturated heterocycles. The highest BCUT2D eigenvalue weighted by atomic mass is 32.1. The Bertz CT molecular complexity index is 493. The van der Waals surface area contributed by atoms with Crippen LogP contribution < -0.4 is 10.5 Å². The predicted octanol–water partition coefficient (Wildman–Crippen LogP) is 2.67. The third-order valence-corrected chi connectivity index (χ3v) is 3.70. The Balaban J connectivity index is 2.12. The molecule has 0 radical (unpaired) electrons. The molecule has 0 aliphatic heterocycles. The zero-order valence-corrected chi connectivity index (χ0v) is 11.4. The second kappa shape index (κ2) is 5.93. The minimum absolute atomic E-state index is 0.420. The van der Waals surface area contributed by atoms with Crippen LogP contribution in [0.15, 0.2) is 24.3 Å². The molecule has 18 heavy (non-hydrogen) atoms. The molecule has 4 nitrogen and oxygen atoms in total. The fourth-order valence-corrected chi connectivity index (χ4v) is 2.31. The van der Waals surface area contributed by atoms with E-state index in [2.05, 4.69) is 24.0 Å². The van der Waals surface area contributed by atoms with Crippen LogP contribution in [0.5, 0.6) is 5.75 Å². The summed E-state index contributed by atoms with van der Waals surface area (Å²) in [6.45, 7) is 5.30. The van der Waals surface area contributed by atoms with E-state index in [1.807, 2.05) is 24.3 Å². The lowest BCUT2D eigenvalue weighted by Crippen LogP contribution is -2.10. The van der Waals surface area contributed by atoms with Crippen molar-refractivity contribution in [1.82, 2.24) is 10.2 Å². The monoisotopic (exact) mass is 263 g/mol. The van der Waals surface area contributed by atoms with Gasteiger partial charge in [-0.2, -0.15) is 0 Å². The fraction of sp³-hybridized carbons (Fsp3) is 0.385. The Labute approximate surface area is 111 Å². The number of hydrogen-bond acceptors (Lipinski definition) is 5. The Morgan fingerprint density at radius 1 is 1.22 bits per heavy atom. The van der Waals surface area contributed by atoms with Gasteiger partial charge in [-0.05, 0) is 24.3 Å². The topological polar surface area (TPSA) is 61.0 Å². The van der Waals surface area contributed by atoms with Gasteiger partial charge >= 0.3 is 0 Å². The lowest BCUT2D eigenvalue weighted by atomic mass is 10.2. The lowest BCUT2D eigenvalue weighted by Gasteiger charge is -2.04. The zero-order chi connectivity index (χ0) is 13.0. The minimum atomic E-state index is 0.420. The number of nitrogens with two attached hydrogens (primary N) is 1. The van der Waals surface area contributed by atoms with Crippen molar-refractivity contribution < 1.29 is 4.74 Å². The molecule has 2 rings (SSSR count). The molecule has 5 heteroatoms. The number of benzene rings is 1. The second-order valence-electron chi connectivity index (χ2n) is 4.26. The predicted molar refractivity (Wildman–Crippen MR) is 74.0 cm³/mol. The van der Waals surface area contributed by atoms with Crippen molar-refractivity contribution in [1.29, 1.82) is 0 Å². The first-order chi connectivity index (χ1) is 8.70. The summed E-state index contributed by atoms with van der Waals surface area (Å²) in [5.74, 6) is 1.25. The third kappa shape index (κ3) is 3.05. The molecule has 0 bridgehead atoms. The van der Waals surface area contributed by atoms with Gasteiger partial charge in [0.15, 0.2) is 0 Å². The first-order valence-electron chi connectivity index (χ1n) is 5.97.